The number of thiol groups is 1. The second-order valence-corrected chi connectivity index (χ2v) is 3.37. The Morgan fingerprint density at radius 2 is 1.88 bits per heavy atom. The van der Waals surface area contributed by atoms with Crippen molar-refractivity contribution in [2.24, 2.45) is 0 Å². The molecule has 0 aromatic carbocycles. The summed E-state index contributed by atoms with van der Waals surface area (Å²) in [6.07, 6.45) is 0.310. The monoisotopic (exact) mass is 152 g/mol. The first-order chi connectivity index (χ1) is 3.66. The third-order valence-corrected chi connectivity index (χ3v) is 1.91. The van der Waals surface area contributed by atoms with E-state index in [-0.39, 0.29) is 5.44 Å². The van der Waals surface area contributed by atoms with Crippen molar-refractivity contribution in [3.8, 4) is 0 Å². The first-order valence-electron chi connectivity index (χ1n) is 2.62. The summed E-state index contributed by atoms with van der Waals surface area (Å²) in [4.78, 5) is 0. The van der Waals surface area contributed by atoms with Crippen LogP contribution in [0.25, 0.3) is 0 Å². The molecular formula is C5H12OS2. The van der Waals surface area contributed by atoms with Gasteiger partial charge < -0.3 is 4.74 Å². The minimum atomic E-state index is 0.207. The predicted molar refractivity (Wildman–Crippen MR) is 42.3 cm³/mol. The van der Waals surface area contributed by atoms with Crippen LogP contribution in [0.3, 0.4) is 0 Å². The highest BCUT2D eigenvalue weighted by Gasteiger charge is 2.00. The van der Waals surface area contributed by atoms with E-state index in [0.717, 1.165) is 0 Å². The summed E-state index contributed by atoms with van der Waals surface area (Å²) in [5.41, 5.74) is 0.207. The molecule has 1 nitrogen and oxygen atoms in total. The van der Waals surface area contributed by atoms with Gasteiger partial charge in [0.05, 0.1) is 6.10 Å². The molecule has 0 aliphatic carbocycles. The van der Waals surface area contributed by atoms with Crippen LogP contribution in [0.15, 0.2) is 0 Å². The highest BCUT2D eigenvalue weighted by Crippen LogP contribution is 2.16. The molecule has 0 aromatic rings. The number of hydrogen-bond acceptors (Lipinski definition) is 3. The maximum absolute atomic E-state index is 5.29. The van der Waals surface area contributed by atoms with Crippen LogP contribution >= 0.6 is 22.5 Å². The van der Waals surface area contributed by atoms with Crippen LogP contribution in [-0.2, 0) is 4.74 Å². The van der Waals surface area contributed by atoms with Crippen LogP contribution in [0.2, 0.25) is 0 Å². The molecule has 0 aliphatic rings. The molecule has 0 heterocycles. The third kappa shape index (κ3) is 4.81. The molecule has 8 heavy (non-hydrogen) atoms. The van der Waals surface area contributed by atoms with E-state index in [4.69, 9.17) is 4.74 Å². The Morgan fingerprint density at radius 3 is 2.00 bits per heavy atom. The highest BCUT2D eigenvalue weighted by atomic mass is 33.1. The molecular weight excluding hydrogens is 140 g/mol. The van der Waals surface area contributed by atoms with Crippen molar-refractivity contribution in [2.75, 3.05) is 0 Å². The van der Waals surface area contributed by atoms with Crippen molar-refractivity contribution < 1.29 is 4.74 Å². The van der Waals surface area contributed by atoms with Gasteiger partial charge in [0.2, 0.25) is 0 Å². The predicted octanol–water partition coefficient (Wildman–Crippen LogP) is 2.34. The Labute approximate surface area is 60.0 Å². The van der Waals surface area contributed by atoms with Gasteiger partial charge >= 0.3 is 0 Å². The van der Waals surface area contributed by atoms with E-state index < -0.39 is 0 Å². The summed E-state index contributed by atoms with van der Waals surface area (Å²) in [5, 5.41) is 0. The van der Waals surface area contributed by atoms with Crippen LogP contribution in [0, 0.1) is 0 Å². The lowest BCUT2D eigenvalue weighted by atomic mass is 10.5. The minimum absolute atomic E-state index is 0.207. The molecule has 0 radical (unpaired) electrons. The molecule has 1 atom stereocenters. The van der Waals surface area contributed by atoms with Crippen molar-refractivity contribution in [3.05, 3.63) is 0 Å². The first-order valence-corrected chi connectivity index (χ1v) is 4.55. The zero-order valence-corrected chi connectivity index (χ0v) is 7.13. The van der Waals surface area contributed by atoms with Gasteiger partial charge in [-0.3, -0.25) is 0 Å². The van der Waals surface area contributed by atoms with Crippen LogP contribution in [0.4, 0.5) is 0 Å². The molecule has 0 aliphatic heterocycles. The van der Waals surface area contributed by atoms with Gasteiger partial charge in [-0.1, -0.05) is 10.8 Å². The zero-order chi connectivity index (χ0) is 6.57. The van der Waals surface area contributed by atoms with Crippen molar-refractivity contribution in [3.63, 3.8) is 0 Å². The topological polar surface area (TPSA) is 9.23 Å². The molecule has 0 rings (SSSR count). The van der Waals surface area contributed by atoms with Crippen LogP contribution < -0.4 is 0 Å². The van der Waals surface area contributed by atoms with Crippen LogP contribution in [0.1, 0.15) is 20.8 Å². The third-order valence-electron chi connectivity index (χ3n) is 0.612. The fraction of sp³-hybridized carbons (Fsp3) is 1.00. The van der Waals surface area contributed by atoms with Crippen molar-refractivity contribution >= 4 is 22.5 Å². The summed E-state index contributed by atoms with van der Waals surface area (Å²) in [7, 11) is 1.43. The van der Waals surface area contributed by atoms with E-state index >= 15 is 0 Å². The molecule has 3 heteroatoms. The smallest absolute Gasteiger partial charge is 0.110 e. The van der Waals surface area contributed by atoms with Crippen molar-refractivity contribution in [1.82, 2.24) is 0 Å². The second kappa shape index (κ2) is 4.53. The fourth-order valence-corrected chi connectivity index (χ4v) is 0.829. The van der Waals surface area contributed by atoms with Crippen molar-refractivity contribution in [1.29, 1.82) is 0 Å². The van der Waals surface area contributed by atoms with Gasteiger partial charge in [-0.05, 0) is 20.8 Å². The molecule has 50 valence electrons. The van der Waals surface area contributed by atoms with Gasteiger partial charge in [-0.2, -0.15) is 0 Å². The van der Waals surface area contributed by atoms with Crippen molar-refractivity contribution in [2.45, 2.75) is 32.3 Å². The van der Waals surface area contributed by atoms with Gasteiger partial charge in [-0.15, -0.1) is 11.7 Å². The Bertz CT molecular complexity index is 56.4. The number of ether oxygens (including phenoxy) is 1. The van der Waals surface area contributed by atoms with E-state index in [2.05, 4.69) is 11.7 Å². The standard InChI is InChI=1S/C5H12OS2/c1-4(2)6-5(3)8-7/h4-5,7H,1-3H3. The van der Waals surface area contributed by atoms with E-state index in [9.17, 15) is 0 Å². The summed E-state index contributed by atoms with van der Waals surface area (Å²) in [5.74, 6) is 0. The quantitative estimate of drug-likeness (QED) is 0.377. The van der Waals surface area contributed by atoms with E-state index in [0.29, 0.717) is 6.10 Å². The number of rotatable bonds is 3. The van der Waals surface area contributed by atoms with Gasteiger partial charge in [0.15, 0.2) is 0 Å². The summed E-state index contributed by atoms with van der Waals surface area (Å²) < 4.78 is 5.29. The van der Waals surface area contributed by atoms with Gasteiger partial charge in [-0.25, -0.2) is 0 Å². The molecule has 0 amide bonds. The fourth-order valence-electron chi connectivity index (χ4n) is 0.408. The second-order valence-electron chi connectivity index (χ2n) is 1.86. The van der Waals surface area contributed by atoms with Crippen LogP contribution in [-0.4, -0.2) is 11.5 Å². The zero-order valence-electron chi connectivity index (χ0n) is 5.42. The SMILES string of the molecule is CC(C)OC(C)SS. The Balaban J connectivity index is 3.10. The van der Waals surface area contributed by atoms with E-state index in [1.807, 2.05) is 20.8 Å². The van der Waals surface area contributed by atoms with Gasteiger partial charge in [0.1, 0.15) is 5.44 Å². The summed E-state index contributed by atoms with van der Waals surface area (Å²) in [6.45, 7) is 6.01. The molecule has 0 saturated carbocycles. The molecule has 0 N–H and O–H groups in total. The first kappa shape index (κ1) is 8.66. The summed E-state index contributed by atoms with van der Waals surface area (Å²) >= 11 is 3.98. The Morgan fingerprint density at radius 1 is 1.38 bits per heavy atom. The van der Waals surface area contributed by atoms with E-state index in [1.54, 1.807) is 0 Å². The normalized spacial score (nSPS) is 14.6. The average Bonchev–Trinajstić information content (AvgIpc) is 1.65. The lowest BCUT2D eigenvalue weighted by Crippen LogP contribution is -2.08. The number of hydrogen-bond donors (Lipinski definition) is 1. The lowest BCUT2D eigenvalue weighted by Gasteiger charge is -2.11. The molecule has 0 spiro atoms. The molecule has 0 saturated heterocycles. The molecule has 0 fully saturated rings. The lowest BCUT2D eigenvalue weighted by molar-refractivity contribution is 0.0699. The average molecular weight is 152 g/mol. The summed E-state index contributed by atoms with van der Waals surface area (Å²) in [6, 6.07) is 0. The molecule has 0 aromatic heterocycles. The maximum Gasteiger partial charge on any atom is 0.110 e. The molecule has 1 unspecified atom stereocenters. The van der Waals surface area contributed by atoms with E-state index in [1.165, 1.54) is 10.8 Å². The van der Waals surface area contributed by atoms with Gasteiger partial charge in [0.25, 0.3) is 0 Å². The van der Waals surface area contributed by atoms with Crippen LogP contribution in [0.5, 0.6) is 0 Å². The largest absolute Gasteiger partial charge is 0.364 e. The minimum Gasteiger partial charge on any atom is -0.364 e. The van der Waals surface area contributed by atoms with Gasteiger partial charge in [0, 0.05) is 0 Å². The Hall–Kier alpha value is 0.660. The maximum atomic E-state index is 5.29. The molecule has 0 bridgehead atoms. The Kier molecular flexibility index (Phi) is 4.90. The highest BCUT2D eigenvalue weighted by molar-refractivity contribution is 8.68.